The lowest BCUT2D eigenvalue weighted by atomic mass is 10.1. The van der Waals surface area contributed by atoms with Crippen LogP contribution in [0.15, 0.2) is 34.9 Å². The van der Waals surface area contributed by atoms with Crippen molar-refractivity contribution in [2.45, 2.75) is 20.4 Å². The van der Waals surface area contributed by atoms with Crippen molar-refractivity contribution in [2.24, 2.45) is 5.92 Å². The smallest absolute Gasteiger partial charge is 0.133 e. The Morgan fingerprint density at radius 1 is 1.27 bits per heavy atom. The van der Waals surface area contributed by atoms with Gasteiger partial charge in [-0.15, -0.1) is 0 Å². The van der Waals surface area contributed by atoms with E-state index in [-0.39, 0.29) is 0 Å². The van der Waals surface area contributed by atoms with E-state index in [0.29, 0.717) is 5.92 Å². The van der Waals surface area contributed by atoms with E-state index < -0.39 is 0 Å². The Morgan fingerprint density at radius 3 is 2.93 bits per heavy atom. The SMILES string of the molecule is CC(C)CNCc1ccc2occc2c1. The molecule has 1 heterocycles. The van der Waals surface area contributed by atoms with Gasteiger partial charge < -0.3 is 9.73 Å². The predicted molar refractivity (Wildman–Crippen MR) is 62.8 cm³/mol. The van der Waals surface area contributed by atoms with Crippen LogP contribution in [-0.4, -0.2) is 6.54 Å². The van der Waals surface area contributed by atoms with Gasteiger partial charge in [-0.2, -0.15) is 0 Å². The molecule has 0 radical (unpaired) electrons. The molecule has 1 aromatic carbocycles. The minimum atomic E-state index is 0.697. The second-order valence-electron chi connectivity index (χ2n) is 4.32. The Kier molecular flexibility index (Phi) is 3.07. The van der Waals surface area contributed by atoms with Crippen molar-refractivity contribution in [2.75, 3.05) is 6.54 Å². The maximum absolute atomic E-state index is 5.30. The molecule has 0 amide bonds. The maximum atomic E-state index is 5.30. The van der Waals surface area contributed by atoms with Crippen LogP contribution in [0, 0.1) is 5.92 Å². The van der Waals surface area contributed by atoms with Crippen molar-refractivity contribution in [3.8, 4) is 0 Å². The Hall–Kier alpha value is -1.28. The fraction of sp³-hybridized carbons (Fsp3) is 0.385. The summed E-state index contributed by atoms with van der Waals surface area (Å²) in [4.78, 5) is 0. The van der Waals surface area contributed by atoms with Crippen LogP contribution >= 0.6 is 0 Å². The largest absolute Gasteiger partial charge is 0.464 e. The van der Waals surface area contributed by atoms with Crippen LogP contribution < -0.4 is 5.32 Å². The predicted octanol–water partition coefficient (Wildman–Crippen LogP) is 3.18. The first-order valence-corrected chi connectivity index (χ1v) is 5.42. The summed E-state index contributed by atoms with van der Waals surface area (Å²) >= 11 is 0. The van der Waals surface area contributed by atoms with Crippen LogP contribution in [0.25, 0.3) is 11.0 Å². The standard InChI is InChI=1S/C13H17NO/c1-10(2)8-14-9-11-3-4-13-12(7-11)5-6-15-13/h3-7,10,14H,8-9H2,1-2H3. The summed E-state index contributed by atoms with van der Waals surface area (Å²) in [5.74, 6) is 0.697. The van der Waals surface area contributed by atoms with Gasteiger partial charge in [0.1, 0.15) is 5.58 Å². The Labute approximate surface area is 90.3 Å². The quantitative estimate of drug-likeness (QED) is 0.825. The first kappa shape index (κ1) is 10.2. The molecule has 0 unspecified atom stereocenters. The molecule has 1 aromatic heterocycles. The van der Waals surface area contributed by atoms with Crippen molar-refractivity contribution in [3.63, 3.8) is 0 Å². The van der Waals surface area contributed by atoms with E-state index in [1.54, 1.807) is 6.26 Å². The van der Waals surface area contributed by atoms with E-state index in [4.69, 9.17) is 4.42 Å². The normalized spacial score (nSPS) is 11.4. The molecule has 1 N–H and O–H groups in total. The fourth-order valence-electron chi connectivity index (χ4n) is 1.63. The Bertz CT molecular complexity index is 431. The molecular weight excluding hydrogens is 186 g/mol. The van der Waals surface area contributed by atoms with E-state index in [9.17, 15) is 0 Å². The molecule has 80 valence electrons. The summed E-state index contributed by atoms with van der Waals surface area (Å²) in [7, 11) is 0. The minimum Gasteiger partial charge on any atom is -0.464 e. The van der Waals surface area contributed by atoms with Crippen LogP contribution in [0.3, 0.4) is 0 Å². The molecule has 0 aliphatic rings. The molecule has 0 aliphatic heterocycles. The third-order valence-electron chi connectivity index (χ3n) is 2.40. The van der Waals surface area contributed by atoms with E-state index in [1.807, 2.05) is 12.1 Å². The van der Waals surface area contributed by atoms with E-state index in [2.05, 4.69) is 31.3 Å². The highest BCUT2D eigenvalue weighted by Crippen LogP contribution is 2.16. The zero-order valence-electron chi connectivity index (χ0n) is 9.29. The van der Waals surface area contributed by atoms with Crippen LogP contribution in [0.5, 0.6) is 0 Å². The highest BCUT2D eigenvalue weighted by molar-refractivity contribution is 5.77. The lowest BCUT2D eigenvalue weighted by molar-refractivity contribution is 0.552. The summed E-state index contributed by atoms with van der Waals surface area (Å²) in [5, 5.41) is 4.61. The number of hydrogen-bond donors (Lipinski definition) is 1. The molecule has 2 aromatic rings. The molecular formula is C13H17NO. The molecule has 0 bridgehead atoms. The van der Waals surface area contributed by atoms with Crippen molar-refractivity contribution in [1.82, 2.24) is 5.32 Å². The van der Waals surface area contributed by atoms with Gasteiger partial charge in [0.05, 0.1) is 6.26 Å². The van der Waals surface area contributed by atoms with Gasteiger partial charge in [-0.05, 0) is 36.2 Å². The third kappa shape index (κ3) is 2.60. The lowest BCUT2D eigenvalue weighted by Gasteiger charge is -2.07. The number of nitrogens with one attached hydrogen (secondary N) is 1. The number of furan rings is 1. The van der Waals surface area contributed by atoms with Gasteiger partial charge in [-0.25, -0.2) is 0 Å². The van der Waals surface area contributed by atoms with E-state index in [0.717, 1.165) is 18.7 Å². The van der Waals surface area contributed by atoms with Crippen LogP contribution in [-0.2, 0) is 6.54 Å². The van der Waals surface area contributed by atoms with Crippen LogP contribution in [0.2, 0.25) is 0 Å². The first-order valence-electron chi connectivity index (χ1n) is 5.42. The minimum absolute atomic E-state index is 0.697. The zero-order chi connectivity index (χ0) is 10.7. The van der Waals surface area contributed by atoms with Gasteiger partial charge in [0.25, 0.3) is 0 Å². The highest BCUT2D eigenvalue weighted by Gasteiger charge is 1.99. The summed E-state index contributed by atoms with van der Waals surface area (Å²) in [6, 6.07) is 8.31. The number of benzene rings is 1. The van der Waals surface area contributed by atoms with Crippen molar-refractivity contribution >= 4 is 11.0 Å². The second kappa shape index (κ2) is 4.49. The average Bonchev–Trinajstić information content (AvgIpc) is 2.64. The number of rotatable bonds is 4. The molecule has 0 spiro atoms. The van der Waals surface area contributed by atoms with Crippen molar-refractivity contribution < 1.29 is 4.42 Å². The summed E-state index contributed by atoms with van der Waals surface area (Å²) in [5.41, 5.74) is 2.27. The second-order valence-corrected chi connectivity index (χ2v) is 4.32. The van der Waals surface area contributed by atoms with Gasteiger partial charge in [0.15, 0.2) is 0 Å². The Morgan fingerprint density at radius 2 is 2.13 bits per heavy atom. The topological polar surface area (TPSA) is 25.2 Å². The van der Waals surface area contributed by atoms with Gasteiger partial charge in [0, 0.05) is 11.9 Å². The molecule has 0 saturated heterocycles. The zero-order valence-corrected chi connectivity index (χ0v) is 9.29. The van der Waals surface area contributed by atoms with E-state index >= 15 is 0 Å². The molecule has 0 fully saturated rings. The average molecular weight is 203 g/mol. The maximum Gasteiger partial charge on any atom is 0.133 e. The van der Waals surface area contributed by atoms with Crippen molar-refractivity contribution in [3.05, 3.63) is 36.1 Å². The molecule has 15 heavy (non-hydrogen) atoms. The van der Waals surface area contributed by atoms with Gasteiger partial charge in [-0.3, -0.25) is 0 Å². The Balaban J connectivity index is 2.02. The van der Waals surface area contributed by atoms with Gasteiger partial charge >= 0.3 is 0 Å². The van der Waals surface area contributed by atoms with Gasteiger partial charge in [0.2, 0.25) is 0 Å². The molecule has 0 atom stereocenters. The molecule has 0 saturated carbocycles. The fourth-order valence-corrected chi connectivity index (χ4v) is 1.63. The third-order valence-corrected chi connectivity index (χ3v) is 2.40. The van der Waals surface area contributed by atoms with Crippen LogP contribution in [0.1, 0.15) is 19.4 Å². The monoisotopic (exact) mass is 203 g/mol. The first-order chi connectivity index (χ1) is 7.25. The molecule has 2 rings (SSSR count). The molecule has 0 aliphatic carbocycles. The molecule has 2 heteroatoms. The highest BCUT2D eigenvalue weighted by atomic mass is 16.3. The number of fused-ring (bicyclic) bond motifs is 1. The van der Waals surface area contributed by atoms with E-state index in [1.165, 1.54) is 10.9 Å². The molecule has 2 nitrogen and oxygen atoms in total. The lowest BCUT2D eigenvalue weighted by Crippen LogP contribution is -2.18. The summed E-state index contributed by atoms with van der Waals surface area (Å²) in [6.45, 7) is 6.42. The number of hydrogen-bond acceptors (Lipinski definition) is 2. The summed E-state index contributed by atoms with van der Waals surface area (Å²) < 4.78 is 5.30. The van der Waals surface area contributed by atoms with Crippen molar-refractivity contribution in [1.29, 1.82) is 0 Å². The summed E-state index contributed by atoms with van der Waals surface area (Å²) in [6.07, 6.45) is 1.73. The van der Waals surface area contributed by atoms with Crippen LogP contribution in [0.4, 0.5) is 0 Å². The van der Waals surface area contributed by atoms with Gasteiger partial charge in [-0.1, -0.05) is 19.9 Å².